The Balaban J connectivity index is 1.15. The van der Waals surface area contributed by atoms with E-state index in [9.17, 15) is 0 Å². The highest BCUT2D eigenvalue weighted by Crippen LogP contribution is 2.50. The maximum absolute atomic E-state index is 7.29. The van der Waals surface area contributed by atoms with E-state index in [1.807, 2.05) is 0 Å². The van der Waals surface area contributed by atoms with Crippen molar-refractivity contribution in [3.63, 3.8) is 0 Å². The summed E-state index contributed by atoms with van der Waals surface area (Å²) in [4.78, 5) is 7.42. The number of furan rings is 2. The van der Waals surface area contributed by atoms with Gasteiger partial charge in [0.1, 0.15) is 11.3 Å². The molecule has 0 bridgehead atoms. The van der Waals surface area contributed by atoms with E-state index in [-0.39, 0.29) is 23.0 Å². The number of hydrogen-bond donors (Lipinski definition) is 0. The molecule has 4 heterocycles. The zero-order valence-corrected chi connectivity index (χ0v) is 41.0. The Labute approximate surface area is 402 Å². The number of para-hydroxylation sites is 3. The lowest BCUT2D eigenvalue weighted by Crippen LogP contribution is -2.61. The number of hydrogen-bond acceptors (Lipinski definition) is 5. The van der Waals surface area contributed by atoms with Crippen LogP contribution in [0.25, 0.3) is 21.9 Å². The van der Waals surface area contributed by atoms with Crippen LogP contribution in [0.1, 0.15) is 103 Å². The average Bonchev–Trinajstić information content (AvgIpc) is 3.91. The second-order valence-electron chi connectivity index (χ2n) is 22.4. The Bertz CT molecular complexity index is 3360. The van der Waals surface area contributed by atoms with Crippen LogP contribution in [0, 0.1) is 0 Å². The van der Waals surface area contributed by atoms with Crippen molar-refractivity contribution in [2.24, 2.45) is 0 Å². The lowest BCUT2D eigenvalue weighted by atomic mass is 9.35. The summed E-state index contributed by atoms with van der Waals surface area (Å²) in [7, 11) is 0. The molecule has 0 fully saturated rings. The fraction of sp³-hybridized carbons (Fsp3) is 0.258. The minimum Gasteiger partial charge on any atom is -0.473 e. The number of rotatable bonds is 5. The highest BCUT2D eigenvalue weighted by atomic mass is 16.3. The topological polar surface area (TPSA) is 36.0 Å². The molecule has 0 saturated carbocycles. The van der Waals surface area contributed by atoms with Gasteiger partial charge in [-0.1, -0.05) is 147 Å². The molecule has 6 heteroatoms. The molecule has 0 unspecified atom stereocenters. The number of nitrogens with zero attached hydrogens (tertiary/aromatic N) is 3. The van der Waals surface area contributed by atoms with Crippen molar-refractivity contribution < 1.29 is 8.83 Å². The molecule has 338 valence electrons. The molecule has 12 rings (SSSR count). The average molecular weight is 890 g/mol. The van der Waals surface area contributed by atoms with Gasteiger partial charge in [0.25, 0.3) is 6.71 Å². The minimum atomic E-state index is -0.130. The van der Waals surface area contributed by atoms with Gasteiger partial charge in [-0.05, 0) is 124 Å². The molecule has 0 spiro atoms. The van der Waals surface area contributed by atoms with Gasteiger partial charge in [-0.15, -0.1) is 0 Å². The molecule has 68 heavy (non-hydrogen) atoms. The van der Waals surface area contributed by atoms with Gasteiger partial charge in [-0.3, -0.25) is 0 Å². The van der Waals surface area contributed by atoms with E-state index in [0.717, 1.165) is 98.9 Å². The van der Waals surface area contributed by atoms with E-state index in [1.54, 1.807) is 0 Å². The highest BCUT2D eigenvalue weighted by Gasteiger charge is 2.48. The predicted octanol–water partition coefficient (Wildman–Crippen LogP) is 15.5. The molecule has 2 aliphatic heterocycles. The molecule has 0 atom stereocenters. The van der Waals surface area contributed by atoms with Gasteiger partial charge in [-0.2, -0.15) is 0 Å². The second kappa shape index (κ2) is 15.3. The Morgan fingerprint density at radius 2 is 1.06 bits per heavy atom. The van der Waals surface area contributed by atoms with Gasteiger partial charge in [0, 0.05) is 68.1 Å². The maximum atomic E-state index is 7.29. The summed E-state index contributed by atoms with van der Waals surface area (Å²) in [6.45, 7) is 20.4. The quantitative estimate of drug-likeness (QED) is 0.161. The summed E-state index contributed by atoms with van der Waals surface area (Å²) in [6.07, 6.45) is 4.27. The van der Waals surface area contributed by atoms with Crippen molar-refractivity contribution in [3.8, 4) is 0 Å². The Kier molecular flexibility index (Phi) is 9.55. The summed E-state index contributed by atoms with van der Waals surface area (Å²) in [5, 5.41) is 2.25. The summed E-state index contributed by atoms with van der Waals surface area (Å²) < 4.78 is 14.5. The summed E-state index contributed by atoms with van der Waals surface area (Å²) in [5.74, 6) is 1.14. The zero-order valence-electron chi connectivity index (χ0n) is 41.0. The number of fused-ring (bicyclic) bond motifs is 9. The lowest BCUT2D eigenvalue weighted by Gasteiger charge is -2.43. The summed E-state index contributed by atoms with van der Waals surface area (Å²) in [6, 6.07) is 56.6. The Hall–Kier alpha value is -6.92. The molecule has 0 saturated heterocycles. The van der Waals surface area contributed by atoms with Crippen LogP contribution in [0.4, 0.5) is 51.2 Å². The van der Waals surface area contributed by atoms with Crippen LogP contribution in [-0.4, -0.2) is 6.71 Å². The van der Waals surface area contributed by atoms with Gasteiger partial charge in [0.05, 0.1) is 17.0 Å². The first-order chi connectivity index (χ1) is 32.6. The second-order valence-corrected chi connectivity index (χ2v) is 22.4. The van der Waals surface area contributed by atoms with Crippen LogP contribution in [0.5, 0.6) is 0 Å². The standard InChI is InChI=1S/C62H60BN3O2/c1-60(2,3)39-28-32-42(33-29-39)64(43-34-30-40(31-35-43)61(4,5)6)44-36-37-49-53(38-44)66(52-26-16-22-46-45-21-15-23-48(62(7,8)9)57(45)68-58(46)52)51-25-17-24-50-55(51)63(49)59-56(47-20-13-14-27-54(47)67-59)65(50)41-18-11-10-12-19-41/h10-12,15-19,21-26,28-38H,13-14,20,27H2,1-9H3. The van der Waals surface area contributed by atoms with E-state index in [1.165, 1.54) is 44.6 Å². The van der Waals surface area contributed by atoms with E-state index in [0.29, 0.717) is 0 Å². The smallest absolute Gasteiger partial charge is 0.297 e. The van der Waals surface area contributed by atoms with Crippen molar-refractivity contribution in [1.82, 2.24) is 0 Å². The molecule has 0 amide bonds. The summed E-state index contributed by atoms with van der Waals surface area (Å²) in [5.41, 5.74) is 20.5. The first-order valence-electron chi connectivity index (χ1n) is 24.7. The van der Waals surface area contributed by atoms with Crippen molar-refractivity contribution in [1.29, 1.82) is 0 Å². The monoisotopic (exact) mass is 889 g/mol. The zero-order chi connectivity index (χ0) is 46.9. The predicted molar refractivity (Wildman–Crippen MR) is 287 cm³/mol. The molecule has 9 aromatic rings. The Morgan fingerprint density at radius 3 is 1.71 bits per heavy atom. The fourth-order valence-electron chi connectivity index (χ4n) is 11.4. The van der Waals surface area contributed by atoms with Crippen molar-refractivity contribution in [2.75, 3.05) is 14.7 Å². The lowest BCUT2D eigenvalue weighted by molar-refractivity contribution is 0.497. The molecule has 3 aliphatic rings. The minimum absolute atomic E-state index is 0.0294. The first kappa shape index (κ1) is 42.4. The van der Waals surface area contributed by atoms with Crippen molar-refractivity contribution in [3.05, 3.63) is 180 Å². The third-order valence-electron chi connectivity index (χ3n) is 14.9. The molecular formula is C62H60BN3O2. The maximum Gasteiger partial charge on any atom is 0.297 e. The van der Waals surface area contributed by atoms with Crippen LogP contribution in [-0.2, 0) is 29.1 Å². The SMILES string of the molecule is CC(C)(C)c1ccc(N(c2ccc(C(C)(C)C)cc2)c2ccc3c(c2)N(c2cccc4c2oc2c(C(C)(C)C)cccc24)c2cccc4c2B3c2oc3c(c2N4c2ccccc2)CCCC3)cc1. The molecule has 0 radical (unpaired) electrons. The van der Waals surface area contributed by atoms with E-state index >= 15 is 0 Å². The normalized spacial score (nSPS) is 14.5. The van der Waals surface area contributed by atoms with Gasteiger partial charge in [-0.25, -0.2) is 0 Å². The third kappa shape index (κ3) is 6.65. The highest BCUT2D eigenvalue weighted by molar-refractivity contribution is 6.99. The molecule has 2 aromatic heterocycles. The van der Waals surface area contributed by atoms with Gasteiger partial charge >= 0.3 is 0 Å². The fourth-order valence-corrected chi connectivity index (χ4v) is 11.4. The van der Waals surface area contributed by atoms with Crippen LogP contribution in [0.3, 0.4) is 0 Å². The van der Waals surface area contributed by atoms with Crippen LogP contribution >= 0.6 is 0 Å². The van der Waals surface area contributed by atoms with Gasteiger partial charge in [0.2, 0.25) is 0 Å². The van der Waals surface area contributed by atoms with Crippen LogP contribution in [0.2, 0.25) is 0 Å². The van der Waals surface area contributed by atoms with Gasteiger partial charge in [0.15, 0.2) is 5.58 Å². The first-order valence-corrected chi connectivity index (χ1v) is 24.7. The van der Waals surface area contributed by atoms with Crippen LogP contribution in [0.15, 0.2) is 160 Å². The van der Waals surface area contributed by atoms with E-state index < -0.39 is 0 Å². The summed E-state index contributed by atoms with van der Waals surface area (Å²) >= 11 is 0. The molecule has 7 aromatic carbocycles. The number of anilines is 9. The van der Waals surface area contributed by atoms with Crippen molar-refractivity contribution >= 4 is 96.4 Å². The molecular weight excluding hydrogens is 830 g/mol. The van der Waals surface area contributed by atoms with E-state index in [4.69, 9.17) is 8.83 Å². The third-order valence-corrected chi connectivity index (χ3v) is 14.9. The molecule has 1 aliphatic carbocycles. The van der Waals surface area contributed by atoms with Crippen LogP contribution < -0.4 is 31.3 Å². The number of benzene rings is 7. The van der Waals surface area contributed by atoms with Gasteiger partial charge < -0.3 is 23.5 Å². The molecule has 5 nitrogen and oxygen atoms in total. The number of aryl methyl sites for hydroxylation is 1. The Morgan fingerprint density at radius 1 is 0.485 bits per heavy atom. The van der Waals surface area contributed by atoms with E-state index in [2.05, 4.69) is 229 Å². The largest absolute Gasteiger partial charge is 0.473 e. The molecule has 0 N–H and O–H groups in total. The van der Waals surface area contributed by atoms with Crippen molar-refractivity contribution in [2.45, 2.75) is 104 Å².